The Balaban J connectivity index is 0.000000164. The maximum absolute atomic E-state index is 15.5. The smallest absolute Gasteiger partial charge is 0.191 e. The molecule has 0 saturated heterocycles. The van der Waals surface area contributed by atoms with Gasteiger partial charge in [0, 0.05) is 55.0 Å². The van der Waals surface area contributed by atoms with E-state index < -0.39 is 11.6 Å². The summed E-state index contributed by atoms with van der Waals surface area (Å²) in [6.45, 7) is 4.95. The molecule has 0 bridgehead atoms. The van der Waals surface area contributed by atoms with Crippen LogP contribution in [0.4, 0.5) is 20.4 Å². The topological polar surface area (TPSA) is 92.6 Å². The fourth-order valence-electron chi connectivity index (χ4n) is 7.80. The molecule has 0 radical (unpaired) electrons. The number of rotatable bonds is 10. The molecule has 0 unspecified atom stereocenters. The minimum absolute atomic E-state index is 0.192. The van der Waals surface area contributed by atoms with E-state index in [4.69, 9.17) is 0 Å². The normalized spacial score (nSPS) is 11.0. The summed E-state index contributed by atoms with van der Waals surface area (Å²) in [4.78, 5) is 27.1. The SMILES string of the molecule is Cc1cc(-c2ccc(CN(C)c3ncnc(-c4ccc5ccccc5c4)c3F)cc2)ccn1.Cc1cc(-c2ccc(CNc3ncnc(-c4ccc5ccccc5c4)c3F)cc2)ccn1. The van der Waals surface area contributed by atoms with Gasteiger partial charge in [-0.05, 0) is 105 Å². The summed E-state index contributed by atoms with van der Waals surface area (Å²) in [5.74, 6) is -0.398. The van der Waals surface area contributed by atoms with Crippen LogP contribution in [0.1, 0.15) is 22.5 Å². The van der Waals surface area contributed by atoms with Crippen LogP contribution in [0, 0.1) is 25.5 Å². The van der Waals surface area contributed by atoms with Crippen molar-refractivity contribution in [3.63, 3.8) is 0 Å². The van der Waals surface area contributed by atoms with E-state index in [0.717, 1.165) is 77.4 Å². The van der Waals surface area contributed by atoms with E-state index in [1.807, 2.05) is 147 Å². The minimum atomic E-state index is -0.452. The zero-order chi connectivity index (χ0) is 44.7. The van der Waals surface area contributed by atoms with Gasteiger partial charge < -0.3 is 10.2 Å². The summed E-state index contributed by atoms with van der Waals surface area (Å²) in [6, 6.07) is 52.2. The van der Waals surface area contributed by atoms with Crippen LogP contribution in [0.5, 0.6) is 0 Å². The van der Waals surface area contributed by atoms with Gasteiger partial charge in [0.15, 0.2) is 23.3 Å². The second-order valence-corrected chi connectivity index (χ2v) is 15.8. The van der Waals surface area contributed by atoms with Gasteiger partial charge in [-0.25, -0.2) is 28.7 Å². The van der Waals surface area contributed by atoms with Crippen LogP contribution in [-0.4, -0.2) is 37.0 Å². The Hall–Kier alpha value is -8.24. The van der Waals surface area contributed by atoms with E-state index in [9.17, 15) is 0 Å². The summed E-state index contributed by atoms with van der Waals surface area (Å²) in [6.07, 6.45) is 6.45. The van der Waals surface area contributed by atoms with Crippen molar-refractivity contribution in [2.24, 2.45) is 0 Å². The van der Waals surface area contributed by atoms with E-state index in [1.54, 1.807) is 0 Å². The first kappa shape index (κ1) is 42.1. The molecule has 10 rings (SSSR count). The van der Waals surface area contributed by atoms with E-state index in [-0.39, 0.29) is 17.3 Å². The number of aromatic nitrogens is 6. The Labute approximate surface area is 376 Å². The zero-order valence-electron chi connectivity index (χ0n) is 36.1. The number of hydrogen-bond acceptors (Lipinski definition) is 8. The van der Waals surface area contributed by atoms with Gasteiger partial charge in [-0.3, -0.25) is 9.97 Å². The number of aryl methyl sites for hydroxylation is 2. The Morgan fingerprint density at radius 2 is 0.923 bits per heavy atom. The first-order valence-electron chi connectivity index (χ1n) is 21.2. The molecule has 4 heterocycles. The Morgan fingerprint density at radius 3 is 1.46 bits per heavy atom. The largest absolute Gasteiger partial charge is 0.363 e. The minimum Gasteiger partial charge on any atom is -0.363 e. The lowest BCUT2D eigenvalue weighted by Gasteiger charge is -2.20. The Bertz CT molecular complexity index is 3270. The highest BCUT2D eigenvalue weighted by atomic mass is 19.1. The standard InChI is InChI=1S/C28H23FN4.C27H21FN4/c1-19-15-24(13-14-30-19)22-9-7-20(8-10-22)17-33(2)28-26(29)27(31-18-32-28)25-12-11-21-5-3-4-6-23(21)16-25;1-18-14-23(12-13-29-18)21-8-6-19(7-9-21)16-30-27-25(28)26(31-17-32-27)24-11-10-20-4-2-3-5-22(20)15-24/h3-16,18H,17H2,1-2H3;2-15,17H,16H2,1H3,(H,30,31,32). The molecule has 0 aliphatic heterocycles. The first-order chi connectivity index (χ1) is 31.8. The molecule has 0 amide bonds. The number of halogens is 2. The van der Waals surface area contributed by atoms with Gasteiger partial charge in [0.1, 0.15) is 24.0 Å². The molecule has 65 heavy (non-hydrogen) atoms. The van der Waals surface area contributed by atoms with Gasteiger partial charge in [0.25, 0.3) is 0 Å². The molecule has 318 valence electrons. The van der Waals surface area contributed by atoms with Crippen molar-refractivity contribution >= 4 is 33.2 Å². The number of anilines is 2. The van der Waals surface area contributed by atoms with Gasteiger partial charge >= 0.3 is 0 Å². The van der Waals surface area contributed by atoms with E-state index >= 15 is 8.78 Å². The molecule has 0 aliphatic rings. The van der Waals surface area contributed by atoms with Crippen LogP contribution < -0.4 is 10.2 Å². The first-order valence-corrected chi connectivity index (χ1v) is 21.2. The molecule has 0 atom stereocenters. The van der Waals surface area contributed by atoms with Crippen molar-refractivity contribution < 1.29 is 8.78 Å². The van der Waals surface area contributed by atoms with Crippen molar-refractivity contribution in [1.29, 1.82) is 0 Å². The van der Waals surface area contributed by atoms with Gasteiger partial charge in [-0.2, -0.15) is 0 Å². The van der Waals surface area contributed by atoms with Crippen molar-refractivity contribution in [1.82, 2.24) is 29.9 Å². The number of hydrogen-bond donors (Lipinski definition) is 1. The maximum Gasteiger partial charge on any atom is 0.191 e. The highest BCUT2D eigenvalue weighted by Crippen LogP contribution is 2.31. The van der Waals surface area contributed by atoms with Crippen LogP contribution in [0.25, 0.3) is 66.3 Å². The second kappa shape index (κ2) is 19.0. The van der Waals surface area contributed by atoms with Crippen LogP contribution in [0.3, 0.4) is 0 Å². The molecule has 0 spiro atoms. The van der Waals surface area contributed by atoms with Crippen molar-refractivity contribution in [2.75, 3.05) is 17.3 Å². The van der Waals surface area contributed by atoms with Crippen molar-refractivity contribution in [3.8, 4) is 44.8 Å². The molecular formula is C55H44F2N8. The molecule has 1 N–H and O–H groups in total. The quantitative estimate of drug-likeness (QED) is 0.145. The molecule has 4 aromatic heterocycles. The van der Waals surface area contributed by atoms with Gasteiger partial charge in [-0.15, -0.1) is 0 Å². The van der Waals surface area contributed by atoms with Gasteiger partial charge in [-0.1, -0.05) is 121 Å². The molecule has 0 aliphatic carbocycles. The fraction of sp³-hybridized carbons (Fsp3) is 0.0909. The van der Waals surface area contributed by atoms with Crippen LogP contribution in [0.2, 0.25) is 0 Å². The van der Waals surface area contributed by atoms with E-state index in [2.05, 4.69) is 83.8 Å². The van der Waals surface area contributed by atoms with E-state index in [1.165, 1.54) is 12.7 Å². The molecular weight excluding hydrogens is 811 g/mol. The maximum atomic E-state index is 15.5. The van der Waals surface area contributed by atoms with Crippen molar-refractivity contribution in [3.05, 3.63) is 217 Å². The summed E-state index contributed by atoms with van der Waals surface area (Å²) in [5, 5.41) is 7.42. The third-order valence-electron chi connectivity index (χ3n) is 11.2. The molecule has 0 saturated carbocycles. The third-order valence-corrected chi connectivity index (χ3v) is 11.2. The zero-order valence-corrected chi connectivity index (χ0v) is 36.1. The van der Waals surface area contributed by atoms with E-state index in [0.29, 0.717) is 18.8 Å². The predicted octanol–water partition coefficient (Wildman–Crippen LogP) is 12.9. The number of nitrogens with zero attached hydrogens (tertiary/aromatic N) is 7. The van der Waals surface area contributed by atoms with Crippen LogP contribution in [0.15, 0.2) is 183 Å². The lowest BCUT2D eigenvalue weighted by Crippen LogP contribution is -2.19. The predicted molar refractivity (Wildman–Crippen MR) is 258 cm³/mol. The highest BCUT2D eigenvalue weighted by Gasteiger charge is 2.18. The van der Waals surface area contributed by atoms with Gasteiger partial charge in [0.2, 0.25) is 0 Å². The molecule has 10 aromatic rings. The van der Waals surface area contributed by atoms with Crippen LogP contribution in [-0.2, 0) is 13.1 Å². The molecule has 6 aromatic carbocycles. The van der Waals surface area contributed by atoms with Crippen molar-refractivity contribution in [2.45, 2.75) is 26.9 Å². The third kappa shape index (κ3) is 9.72. The molecule has 0 fully saturated rings. The fourth-order valence-corrected chi connectivity index (χ4v) is 7.80. The number of nitrogens with one attached hydrogen (secondary N) is 1. The summed E-state index contributed by atoms with van der Waals surface area (Å²) in [7, 11) is 1.84. The number of benzene rings is 6. The molecule has 10 heteroatoms. The second-order valence-electron chi connectivity index (χ2n) is 15.8. The summed E-state index contributed by atoms with van der Waals surface area (Å²) in [5.41, 5.74) is 10.6. The highest BCUT2D eigenvalue weighted by molar-refractivity contribution is 5.88. The average Bonchev–Trinajstić information content (AvgIpc) is 3.34. The number of pyridine rings is 2. The monoisotopic (exact) mass is 854 g/mol. The lowest BCUT2D eigenvalue weighted by atomic mass is 10.0. The summed E-state index contributed by atoms with van der Waals surface area (Å²) >= 11 is 0. The Morgan fingerprint density at radius 1 is 0.446 bits per heavy atom. The Kier molecular flexibility index (Phi) is 12.3. The summed E-state index contributed by atoms with van der Waals surface area (Å²) < 4.78 is 30.7. The van der Waals surface area contributed by atoms with Gasteiger partial charge in [0.05, 0.1) is 0 Å². The lowest BCUT2D eigenvalue weighted by molar-refractivity contribution is 0.611. The molecule has 8 nitrogen and oxygen atoms in total. The number of fused-ring (bicyclic) bond motifs is 2. The average molecular weight is 855 g/mol. The van der Waals surface area contributed by atoms with Crippen LogP contribution >= 0.6 is 0 Å².